The molecule has 1 N–H and O–H groups in total. The van der Waals surface area contributed by atoms with Crippen molar-refractivity contribution < 1.29 is 9.13 Å². The van der Waals surface area contributed by atoms with Crippen LogP contribution >= 0.6 is 12.2 Å². The van der Waals surface area contributed by atoms with Crippen LogP contribution in [0.3, 0.4) is 0 Å². The summed E-state index contributed by atoms with van der Waals surface area (Å²) in [6, 6.07) is 4.92. The molecular formula is C18H23FN2O2S. The van der Waals surface area contributed by atoms with Crippen LogP contribution in [0.15, 0.2) is 23.0 Å². The van der Waals surface area contributed by atoms with Gasteiger partial charge in [-0.15, -0.1) is 0 Å². The first-order chi connectivity index (χ1) is 11.4. The van der Waals surface area contributed by atoms with Gasteiger partial charge in [0.05, 0.1) is 12.3 Å². The van der Waals surface area contributed by atoms with E-state index in [1.165, 1.54) is 6.07 Å². The van der Waals surface area contributed by atoms with E-state index < -0.39 is 0 Å². The molecule has 0 amide bonds. The fourth-order valence-corrected chi connectivity index (χ4v) is 3.04. The van der Waals surface area contributed by atoms with Gasteiger partial charge in [-0.3, -0.25) is 9.78 Å². The van der Waals surface area contributed by atoms with Crippen molar-refractivity contribution in [3.05, 3.63) is 50.3 Å². The van der Waals surface area contributed by atoms with Crippen molar-refractivity contribution in [3.8, 4) is 11.3 Å². The average molecular weight is 350 g/mol. The maximum atomic E-state index is 14.3. The number of nitrogens with zero attached hydrogens (tertiary/aromatic N) is 1. The molecule has 1 aromatic heterocycles. The maximum Gasteiger partial charge on any atom is 0.252 e. The van der Waals surface area contributed by atoms with E-state index in [1.54, 1.807) is 13.2 Å². The number of nitrogens with one attached hydrogen (secondary N) is 1. The van der Waals surface area contributed by atoms with Gasteiger partial charge in [0.15, 0.2) is 4.77 Å². The van der Waals surface area contributed by atoms with Crippen molar-refractivity contribution in [1.29, 1.82) is 0 Å². The molecule has 1 heterocycles. The second kappa shape index (κ2) is 7.85. The number of H-pyrrole nitrogens is 1. The lowest BCUT2D eigenvalue weighted by Crippen LogP contribution is -2.17. The van der Waals surface area contributed by atoms with E-state index in [0.717, 1.165) is 11.1 Å². The quantitative estimate of drug-likeness (QED) is 0.800. The van der Waals surface area contributed by atoms with Gasteiger partial charge >= 0.3 is 0 Å². The molecule has 0 fully saturated rings. The zero-order valence-corrected chi connectivity index (χ0v) is 15.3. The number of rotatable bonds is 6. The third-order valence-electron chi connectivity index (χ3n) is 4.05. The molecule has 2 rings (SSSR count). The van der Waals surface area contributed by atoms with Crippen molar-refractivity contribution in [2.75, 3.05) is 13.7 Å². The first-order valence-electron chi connectivity index (χ1n) is 8.04. The Morgan fingerprint density at radius 1 is 1.33 bits per heavy atom. The van der Waals surface area contributed by atoms with Crippen LogP contribution in [0, 0.1) is 10.6 Å². The number of ether oxygens (including phenoxy) is 1. The zero-order valence-electron chi connectivity index (χ0n) is 14.5. The minimum Gasteiger partial charge on any atom is -0.383 e. The SMILES string of the molecule is CCc1cc(F)c(C(C)C)cc1-c1cc(=O)[nH]c(=S)n1CCOC. The molecule has 0 saturated heterocycles. The Hall–Kier alpha value is -1.79. The lowest BCUT2D eigenvalue weighted by molar-refractivity contribution is 0.186. The number of aromatic nitrogens is 2. The summed E-state index contributed by atoms with van der Waals surface area (Å²) in [6.07, 6.45) is 0.661. The van der Waals surface area contributed by atoms with Crippen LogP contribution in [-0.2, 0) is 17.7 Å². The second-order valence-corrected chi connectivity index (χ2v) is 6.39. The molecule has 0 radical (unpaired) electrons. The van der Waals surface area contributed by atoms with Crippen LogP contribution in [0.5, 0.6) is 0 Å². The molecule has 1 aromatic carbocycles. The van der Waals surface area contributed by atoms with Crippen LogP contribution in [-0.4, -0.2) is 23.3 Å². The molecule has 0 saturated carbocycles. The van der Waals surface area contributed by atoms with E-state index in [4.69, 9.17) is 17.0 Å². The van der Waals surface area contributed by atoms with E-state index in [9.17, 15) is 9.18 Å². The summed E-state index contributed by atoms with van der Waals surface area (Å²) in [4.78, 5) is 14.6. The summed E-state index contributed by atoms with van der Waals surface area (Å²) in [5, 5.41) is 0. The van der Waals surface area contributed by atoms with E-state index in [-0.39, 0.29) is 17.3 Å². The third kappa shape index (κ3) is 3.82. The Balaban J connectivity index is 2.77. The number of halogens is 1. The van der Waals surface area contributed by atoms with Crippen LogP contribution in [0.1, 0.15) is 37.8 Å². The minimum absolute atomic E-state index is 0.0482. The highest BCUT2D eigenvalue weighted by Gasteiger charge is 2.16. The molecule has 24 heavy (non-hydrogen) atoms. The third-order valence-corrected chi connectivity index (χ3v) is 4.38. The normalized spacial score (nSPS) is 11.2. The number of methoxy groups -OCH3 is 1. The predicted octanol–water partition coefficient (Wildman–Crippen LogP) is 4.04. The fraction of sp³-hybridized carbons (Fsp3) is 0.444. The van der Waals surface area contributed by atoms with E-state index >= 15 is 0 Å². The highest BCUT2D eigenvalue weighted by atomic mass is 32.1. The Morgan fingerprint density at radius 3 is 2.62 bits per heavy atom. The van der Waals surface area contributed by atoms with Crippen LogP contribution < -0.4 is 5.56 Å². The summed E-state index contributed by atoms with van der Waals surface area (Å²) in [5.74, 6) is -0.162. The van der Waals surface area contributed by atoms with Gasteiger partial charge in [-0.05, 0) is 47.8 Å². The zero-order chi connectivity index (χ0) is 17.9. The van der Waals surface area contributed by atoms with Gasteiger partial charge in [0.1, 0.15) is 5.82 Å². The second-order valence-electron chi connectivity index (χ2n) is 6.01. The van der Waals surface area contributed by atoms with Gasteiger partial charge in [0.2, 0.25) is 0 Å². The van der Waals surface area contributed by atoms with Crippen molar-refractivity contribution in [3.63, 3.8) is 0 Å². The number of benzene rings is 1. The van der Waals surface area contributed by atoms with Crippen LogP contribution in [0.25, 0.3) is 11.3 Å². The molecular weight excluding hydrogens is 327 g/mol. The molecule has 0 unspecified atom stereocenters. The molecule has 0 aliphatic rings. The molecule has 2 aromatic rings. The van der Waals surface area contributed by atoms with Crippen molar-refractivity contribution >= 4 is 12.2 Å². The van der Waals surface area contributed by atoms with Gasteiger partial charge in [0, 0.05) is 25.3 Å². The predicted molar refractivity (Wildman–Crippen MR) is 96.6 cm³/mol. The van der Waals surface area contributed by atoms with Gasteiger partial charge in [-0.25, -0.2) is 4.39 Å². The summed E-state index contributed by atoms with van der Waals surface area (Å²) >= 11 is 5.31. The van der Waals surface area contributed by atoms with Crippen LogP contribution in [0.4, 0.5) is 4.39 Å². The van der Waals surface area contributed by atoms with E-state index in [0.29, 0.717) is 35.6 Å². The minimum atomic E-state index is -0.263. The standard InChI is InChI=1S/C18H23FN2O2S/c1-5-12-8-15(19)13(11(2)3)9-14(12)16-10-17(22)20-18(24)21(16)6-7-23-4/h8-11H,5-7H2,1-4H3,(H,20,22,24). The molecule has 0 aliphatic carbocycles. The maximum absolute atomic E-state index is 14.3. The number of aryl methyl sites for hydroxylation is 1. The molecule has 0 atom stereocenters. The Bertz CT molecular complexity index is 840. The van der Waals surface area contributed by atoms with Crippen LogP contribution in [0.2, 0.25) is 0 Å². The van der Waals surface area contributed by atoms with E-state index in [1.807, 2.05) is 31.4 Å². The van der Waals surface area contributed by atoms with Crippen molar-refractivity contribution in [1.82, 2.24) is 9.55 Å². The lowest BCUT2D eigenvalue weighted by atomic mass is 9.93. The first kappa shape index (κ1) is 18.5. The highest BCUT2D eigenvalue weighted by Crippen LogP contribution is 2.30. The monoisotopic (exact) mass is 350 g/mol. The Morgan fingerprint density at radius 2 is 2.04 bits per heavy atom. The molecule has 0 bridgehead atoms. The summed E-state index contributed by atoms with van der Waals surface area (Å²) in [7, 11) is 1.61. The highest BCUT2D eigenvalue weighted by molar-refractivity contribution is 7.71. The molecule has 0 spiro atoms. The summed E-state index contributed by atoms with van der Waals surface area (Å²) in [6.45, 7) is 6.84. The van der Waals surface area contributed by atoms with Crippen molar-refractivity contribution in [2.24, 2.45) is 0 Å². The molecule has 0 aliphatic heterocycles. The lowest BCUT2D eigenvalue weighted by Gasteiger charge is -2.18. The number of hydrogen-bond donors (Lipinski definition) is 1. The van der Waals surface area contributed by atoms with Gasteiger partial charge in [0.25, 0.3) is 5.56 Å². The number of aromatic amines is 1. The Labute approximate surface area is 146 Å². The smallest absolute Gasteiger partial charge is 0.252 e. The van der Waals surface area contributed by atoms with E-state index in [2.05, 4.69) is 4.98 Å². The van der Waals surface area contributed by atoms with Gasteiger partial charge in [-0.1, -0.05) is 20.8 Å². The Kier molecular flexibility index (Phi) is 6.07. The summed E-state index contributed by atoms with van der Waals surface area (Å²) < 4.78 is 21.6. The number of hydrogen-bond acceptors (Lipinski definition) is 3. The largest absolute Gasteiger partial charge is 0.383 e. The molecule has 6 heteroatoms. The average Bonchev–Trinajstić information content (AvgIpc) is 2.52. The molecule has 4 nitrogen and oxygen atoms in total. The molecule has 130 valence electrons. The van der Waals surface area contributed by atoms with Gasteiger partial charge < -0.3 is 9.30 Å². The van der Waals surface area contributed by atoms with Gasteiger partial charge in [-0.2, -0.15) is 0 Å². The fourth-order valence-electron chi connectivity index (χ4n) is 2.75. The van der Waals surface area contributed by atoms with Crippen molar-refractivity contribution in [2.45, 2.75) is 39.7 Å². The first-order valence-corrected chi connectivity index (χ1v) is 8.45. The summed E-state index contributed by atoms with van der Waals surface area (Å²) in [5.41, 5.74) is 2.76. The topological polar surface area (TPSA) is 47.0 Å².